The normalized spacial score (nSPS) is 23.7. The van der Waals surface area contributed by atoms with Crippen LogP contribution in [0.4, 0.5) is 0 Å². The van der Waals surface area contributed by atoms with E-state index in [1.807, 2.05) is 0 Å². The summed E-state index contributed by atoms with van der Waals surface area (Å²) in [6, 6.07) is 0.314. The molecule has 1 fully saturated rings. The van der Waals surface area contributed by atoms with Crippen LogP contribution in [0.15, 0.2) is 0 Å². The minimum Gasteiger partial charge on any atom is -0.349 e. The minimum atomic E-state index is 0.191. The number of carbonyl (C=O) groups is 1. The third-order valence-corrected chi connectivity index (χ3v) is 2.05. The molecular formula is C8H17N3O. The van der Waals surface area contributed by atoms with Crippen molar-refractivity contribution in [3.05, 3.63) is 0 Å². The summed E-state index contributed by atoms with van der Waals surface area (Å²) in [5.74, 6) is 0.191. The van der Waals surface area contributed by atoms with Gasteiger partial charge in [-0.15, -0.1) is 0 Å². The van der Waals surface area contributed by atoms with Crippen LogP contribution in [-0.4, -0.2) is 50.6 Å². The number of hydrogen-bond acceptors (Lipinski definition) is 3. The first-order valence-corrected chi connectivity index (χ1v) is 4.34. The maximum atomic E-state index is 11.3. The zero-order chi connectivity index (χ0) is 8.97. The predicted octanol–water partition coefficient (Wildman–Crippen LogP) is -0.974. The Labute approximate surface area is 73.3 Å². The van der Waals surface area contributed by atoms with E-state index in [0.29, 0.717) is 12.5 Å². The fourth-order valence-electron chi connectivity index (χ4n) is 1.25. The van der Waals surface area contributed by atoms with Crippen LogP contribution in [0, 0.1) is 0 Å². The second-order valence-electron chi connectivity index (χ2n) is 3.35. The quantitative estimate of drug-likeness (QED) is 0.561. The minimum absolute atomic E-state index is 0.191. The Bertz CT molecular complexity index is 152. The topological polar surface area (TPSA) is 44.4 Å². The molecule has 12 heavy (non-hydrogen) atoms. The molecule has 0 saturated carbocycles. The summed E-state index contributed by atoms with van der Waals surface area (Å²) in [5, 5.41) is 6.54. The van der Waals surface area contributed by atoms with Crippen LogP contribution < -0.4 is 10.6 Å². The first-order valence-electron chi connectivity index (χ1n) is 4.34. The van der Waals surface area contributed by atoms with Gasteiger partial charge < -0.3 is 15.5 Å². The standard InChI is InChI=1S/C8H17N3O/c1-11(2)8(12)5-7-6-9-3-4-10-7/h7,9-10H,3-6H2,1-2H3. The molecule has 0 aliphatic carbocycles. The second kappa shape index (κ2) is 4.42. The molecule has 70 valence electrons. The van der Waals surface area contributed by atoms with Crippen molar-refractivity contribution in [3.8, 4) is 0 Å². The molecule has 0 radical (unpaired) electrons. The van der Waals surface area contributed by atoms with Gasteiger partial charge in [-0.2, -0.15) is 0 Å². The largest absolute Gasteiger partial charge is 0.349 e. The molecule has 2 N–H and O–H groups in total. The van der Waals surface area contributed by atoms with Crippen LogP contribution in [0.1, 0.15) is 6.42 Å². The highest BCUT2D eigenvalue weighted by molar-refractivity contribution is 5.76. The van der Waals surface area contributed by atoms with Gasteiger partial charge >= 0.3 is 0 Å². The fraction of sp³-hybridized carbons (Fsp3) is 0.875. The van der Waals surface area contributed by atoms with Crippen molar-refractivity contribution >= 4 is 5.91 Å². The van der Waals surface area contributed by atoms with Crippen molar-refractivity contribution in [2.24, 2.45) is 0 Å². The summed E-state index contributed by atoms with van der Waals surface area (Å²) in [5.41, 5.74) is 0. The lowest BCUT2D eigenvalue weighted by Crippen LogP contribution is -2.50. The molecule has 1 aliphatic heterocycles. The first kappa shape index (κ1) is 9.48. The van der Waals surface area contributed by atoms with Crippen LogP contribution in [0.5, 0.6) is 0 Å². The highest BCUT2D eigenvalue weighted by Crippen LogP contribution is 1.96. The van der Waals surface area contributed by atoms with Crippen molar-refractivity contribution in [2.75, 3.05) is 33.7 Å². The molecule has 0 aromatic rings. The van der Waals surface area contributed by atoms with Crippen molar-refractivity contribution in [1.29, 1.82) is 0 Å². The maximum absolute atomic E-state index is 11.3. The average molecular weight is 171 g/mol. The summed E-state index contributed by atoms with van der Waals surface area (Å²) in [4.78, 5) is 12.9. The molecule has 4 nitrogen and oxygen atoms in total. The maximum Gasteiger partial charge on any atom is 0.223 e. The molecule has 1 unspecified atom stereocenters. The van der Waals surface area contributed by atoms with E-state index >= 15 is 0 Å². The highest BCUT2D eigenvalue weighted by Gasteiger charge is 2.16. The number of nitrogens with zero attached hydrogens (tertiary/aromatic N) is 1. The Morgan fingerprint density at radius 1 is 1.50 bits per heavy atom. The van der Waals surface area contributed by atoms with Gasteiger partial charge in [-0.25, -0.2) is 0 Å². The molecule has 4 heteroatoms. The van der Waals surface area contributed by atoms with E-state index in [9.17, 15) is 4.79 Å². The third kappa shape index (κ3) is 2.79. The number of piperazine rings is 1. The molecule has 1 atom stereocenters. The molecule has 1 aliphatic rings. The lowest BCUT2D eigenvalue weighted by Gasteiger charge is -2.25. The molecule has 1 amide bonds. The Morgan fingerprint density at radius 2 is 2.25 bits per heavy atom. The lowest BCUT2D eigenvalue weighted by atomic mass is 10.1. The van der Waals surface area contributed by atoms with Crippen molar-refractivity contribution in [1.82, 2.24) is 15.5 Å². The predicted molar refractivity (Wildman–Crippen MR) is 48.0 cm³/mol. The van der Waals surface area contributed by atoms with Crippen molar-refractivity contribution in [3.63, 3.8) is 0 Å². The van der Waals surface area contributed by atoms with Gasteiger partial charge in [0, 0.05) is 46.2 Å². The van der Waals surface area contributed by atoms with E-state index in [2.05, 4.69) is 10.6 Å². The van der Waals surface area contributed by atoms with Crippen LogP contribution in [0.3, 0.4) is 0 Å². The van der Waals surface area contributed by atoms with Crippen molar-refractivity contribution < 1.29 is 4.79 Å². The van der Waals surface area contributed by atoms with Gasteiger partial charge in [-0.1, -0.05) is 0 Å². The van der Waals surface area contributed by atoms with E-state index in [-0.39, 0.29) is 5.91 Å². The monoisotopic (exact) mass is 171 g/mol. The Balaban J connectivity index is 2.24. The number of nitrogens with one attached hydrogen (secondary N) is 2. The van der Waals surface area contributed by atoms with Gasteiger partial charge in [0.25, 0.3) is 0 Å². The Kier molecular flexibility index (Phi) is 3.49. The van der Waals surface area contributed by atoms with E-state index in [1.165, 1.54) is 0 Å². The highest BCUT2D eigenvalue weighted by atomic mass is 16.2. The Morgan fingerprint density at radius 3 is 2.75 bits per heavy atom. The van der Waals surface area contributed by atoms with Crippen LogP contribution in [0.25, 0.3) is 0 Å². The smallest absolute Gasteiger partial charge is 0.223 e. The molecule has 1 heterocycles. The zero-order valence-corrected chi connectivity index (χ0v) is 7.76. The number of rotatable bonds is 2. The summed E-state index contributed by atoms with van der Waals surface area (Å²) < 4.78 is 0. The van der Waals surface area contributed by atoms with Gasteiger partial charge in [0.1, 0.15) is 0 Å². The van der Waals surface area contributed by atoms with Gasteiger partial charge in [0.05, 0.1) is 0 Å². The lowest BCUT2D eigenvalue weighted by molar-refractivity contribution is -0.129. The summed E-state index contributed by atoms with van der Waals surface area (Å²) in [6.07, 6.45) is 0.597. The molecular weight excluding hydrogens is 154 g/mol. The van der Waals surface area contributed by atoms with E-state index in [4.69, 9.17) is 0 Å². The molecule has 1 rings (SSSR count). The van der Waals surface area contributed by atoms with E-state index in [1.54, 1.807) is 19.0 Å². The SMILES string of the molecule is CN(C)C(=O)CC1CNCCN1. The van der Waals surface area contributed by atoms with Gasteiger partial charge in [-0.05, 0) is 0 Å². The first-order chi connectivity index (χ1) is 5.70. The molecule has 1 saturated heterocycles. The summed E-state index contributed by atoms with van der Waals surface area (Å²) >= 11 is 0. The van der Waals surface area contributed by atoms with Crippen LogP contribution in [0.2, 0.25) is 0 Å². The van der Waals surface area contributed by atoms with E-state index < -0.39 is 0 Å². The third-order valence-electron chi connectivity index (χ3n) is 2.05. The van der Waals surface area contributed by atoms with Gasteiger partial charge in [0.2, 0.25) is 5.91 Å². The summed E-state index contributed by atoms with van der Waals surface area (Å²) in [7, 11) is 3.58. The van der Waals surface area contributed by atoms with Crippen LogP contribution in [-0.2, 0) is 4.79 Å². The Hall–Kier alpha value is -0.610. The second-order valence-corrected chi connectivity index (χ2v) is 3.35. The molecule has 0 bridgehead atoms. The fourth-order valence-corrected chi connectivity index (χ4v) is 1.25. The zero-order valence-electron chi connectivity index (χ0n) is 7.76. The molecule has 0 aromatic carbocycles. The molecule has 0 spiro atoms. The van der Waals surface area contributed by atoms with Crippen molar-refractivity contribution in [2.45, 2.75) is 12.5 Å². The number of hydrogen-bond donors (Lipinski definition) is 2. The number of amides is 1. The van der Waals surface area contributed by atoms with E-state index in [0.717, 1.165) is 19.6 Å². The molecule has 0 aromatic heterocycles. The van der Waals surface area contributed by atoms with Gasteiger partial charge in [-0.3, -0.25) is 4.79 Å². The van der Waals surface area contributed by atoms with Gasteiger partial charge in [0.15, 0.2) is 0 Å². The summed E-state index contributed by atoms with van der Waals surface area (Å²) in [6.45, 7) is 2.87. The number of carbonyl (C=O) groups excluding carboxylic acids is 1. The average Bonchev–Trinajstić information content (AvgIpc) is 2.06. The van der Waals surface area contributed by atoms with Crippen LogP contribution >= 0.6 is 0 Å².